The number of carbonyl (C=O) groups is 1. The van der Waals surface area contributed by atoms with Crippen LogP contribution in [0, 0.1) is 13.8 Å². The van der Waals surface area contributed by atoms with Crippen LogP contribution in [0.5, 0.6) is 11.5 Å². The molecule has 4 heteroatoms. The minimum atomic E-state index is -0.590. The number of hydrogen-bond donors (Lipinski definition) is 1. The van der Waals surface area contributed by atoms with Crippen molar-refractivity contribution in [1.29, 1.82) is 0 Å². The van der Waals surface area contributed by atoms with Gasteiger partial charge in [0.15, 0.2) is 6.10 Å². The van der Waals surface area contributed by atoms with Crippen LogP contribution < -0.4 is 14.8 Å². The summed E-state index contributed by atoms with van der Waals surface area (Å²) in [4.78, 5) is 12.3. The predicted molar refractivity (Wildman–Crippen MR) is 92.2 cm³/mol. The quantitative estimate of drug-likeness (QED) is 0.873. The first kappa shape index (κ1) is 16.9. The van der Waals surface area contributed by atoms with Crippen LogP contribution in [0.25, 0.3) is 0 Å². The molecule has 23 heavy (non-hydrogen) atoms. The van der Waals surface area contributed by atoms with Gasteiger partial charge in [0.25, 0.3) is 5.91 Å². The van der Waals surface area contributed by atoms with E-state index in [2.05, 4.69) is 5.32 Å². The minimum absolute atomic E-state index is 0.174. The van der Waals surface area contributed by atoms with Crippen molar-refractivity contribution in [3.63, 3.8) is 0 Å². The van der Waals surface area contributed by atoms with Gasteiger partial charge < -0.3 is 14.8 Å². The molecule has 0 aromatic heterocycles. The van der Waals surface area contributed by atoms with E-state index in [-0.39, 0.29) is 5.91 Å². The highest BCUT2D eigenvalue weighted by molar-refractivity contribution is 5.94. The number of rotatable bonds is 6. The molecule has 2 rings (SSSR count). The summed E-state index contributed by atoms with van der Waals surface area (Å²) in [7, 11) is 0. The highest BCUT2D eigenvalue weighted by Gasteiger charge is 2.16. The van der Waals surface area contributed by atoms with Gasteiger partial charge in [0.05, 0.1) is 6.61 Å². The lowest BCUT2D eigenvalue weighted by atomic mass is 10.1. The molecule has 0 fully saturated rings. The molecule has 0 saturated carbocycles. The average molecular weight is 313 g/mol. The summed E-state index contributed by atoms with van der Waals surface area (Å²) in [5.74, 6) is 1.25. The summed E-state index contributed by atoms with van der Waals surface area (Å²) in [5.41, 5.74) is 3.02. The fourth-order valence-electron chi connectivity index (χ4n) is 2.16. The van der Waals surface area contributed by atoms with Crippen LogP contribution in [0.2, 0.25) is 0 Å². The zero-order chi connectivity index (χ0) is 16.8. The zero-order valence-corrected chi connectivity index (χ0v) is 14.1. The van der Waals surface area contributed by atoms with Crippen LogP contribution in [-0.2, 0) is 4.79 Å². The highest BCUT2D eigenvalue weighted by Crippen LogP contribution is 2.20. The topological polar surface area (TPSA) is 47.6 Å². The second-order valence-electron chi connectivity index (χ2n) is 5.40. The number of hydrogen-bond acceptors (Lipinski definition) is 3. The lowest BCUT2D eigenvalue weighted by Crippen LogP contribution is -2.30. The number of nitrogens with one attached hydrogen (secondary N) is 1. The Hall–Kier alpha value is -2.49. The van der Waals surface area contributed by atoms with Gasteiger partial charge in [0, 0.05) is 5.69 Å². The van der Waals surface area contributed by atoms with Crippen LogP contribution in [0.15, 0.2) is 42.5 Å². The van der Waals surface area contributed by atoms with Gasteiger partial charge in [-0.1, -0.05) is 12.1 Å². The van der Waals surface area contributed by atoms with E-state index in [0.29, 0.717) is 12.4 Å². The Morgan fingerprint density at radius 2 is 1.74 bits per heavy atom. The van der Waals surface area contributed by atoms with Crippen LogP contribution in [0.3, 0.4) is 0 Å². The number of amides is 1. The smallest absolute Gasteiger partial charge is 0.265 e. The summed E-state index contributed by atoms with van der Waals surface area (Å²) < 4.78 is 11.1. The molecule has 0 bridgehead atoms. The Morgan fingerprint density at radius 3 is 2.39 bits per heavy atom. The van der Waals surface area contributed by atoms with E-state index in [0.717, 1.165) is 22.6 Å². The third-order valence-corrected chi connectivity index (χ3v) is 3.68. The predicted octanol–water partition coefficient (Wildman–Crippen LogP) is 4.11. The normalized spacial score (nSPS) is 11.7. The minimum Gasteiger partial charge on any atom is -0.494 e. The Bertz CT molecular complexity index is 665. The molecular formula is C19H23NO3. The van der Waals surface area contributed by atoms with Crippen molar-refractivity contribution in [2.45, 2.75) is 33.8 Å². The maximum Gasteiger partial charge on any atom is 0.265 e. The molecule has 0 aliphatic rings. The maximum atomic E-state index is 12.3. The van der Waals surface area contributed by atoms with E-state index >= 15 is 0 Å². The molecule has 0 saturated heterocycles. The van der Waals surface area contributed by atoms with E-state index in [1.54, 1.807) is 19.1 Å². The van der Waals surface area contributed by atoms with Gasteiger partial charge in [-0.2, -0.15) is 0 Å². The lowest BCUT2D eigenvalue weighted by molar-refractivity contribution is -0.122. The fraction of sp³-hybridized carbons (Fsp3) is 0.316. The van der Waals surface area contributed by atoms with Crippen molar-refractivity contribution in [2.24, 2.45) is 0 Å². The van der Waals surface area contributed by atoms with Gasteiger partial charge in [0.2, 0.25) is 0 Å². The summed E-state index contributed by atoms with van der Waals surface area (Å²) in [6, 6.07) is 13.1. The molecule has 4 nitrogen and oxygen atoms in total. The summed E-state index contributed by atoms with van der Waals surface area (Å²) in [6.07, 6.45) is -0.590. The van der Waals surface area contributed by atoms with Crippen molar-refractivity contribution >= 4 is 11.6 Å². The van der Waals surface area contributed by atoms with Gasteiger partial charge >= 0.3 is 0 Å². The first-order chi connectivity index (χ1) is 11.0. The third-order valence-electron chi connectivity index (χ3n) is 3.68. The summed E-state index contributed by atoms with van der Waals surface area (Å²) in [5, 5.41) is 2.91. The second kappa shape index (κ2) is 7.68. The lowest BCUT2D eigenvalue weighted by Gasteiger charge is -2.16. The third kappa shape index (κ3) is 4.49. The number of ether oxygens (including phenoxy) is 2. The molecule has 0 aliphatic carbocycles. The first-order valence-electron chi connectivity index (χ1n) is 7.78. The fourth-order valence-corrected chi connectivity index (χ4v) is 2.16. The van der Waals surface area contributed by atoms with Gasteiger partial charge in [-0.25, -0.2) is 0 Å². The van der Waals surface area contributed by atoms with Gasteiger partial charge in [0.1, 0.15) is 11.5 Å². The van der Waals surface area contributed by atoms with Crippen LogP contribution >= 0.6 is 0 Å². The molecule has 1 N–H and O–H groups in total. The Kier molecular flexibility index (Phi) is 5.63. The van der Waals surface area contributed by atoms with E-state index in [4.69, 9.17) is 9.47 Å². The van der Waals surface area contributed by atoms with Crippen molar-refractivity contribution in [2.75, 3.05) is 11.9 Å². The number of anilines is 1. The summed E-state index contributed by atoms with van der Waals surface area (Å²) >= 11 is 0. The van der Waals surface area contributed by atoms with E-state index < -0.39 is 6.10 Å². The molecule has 1 amide bonds. The molecule has 2 aromatic rings. The Labute approximate surface area is 137 Å². The molecule has 122 valence electrons. The second-order valence-corrected chi connectivity index (χ2v) is 5.40. The van der Waals surface area contributed by atoms with Gasteiger partial charge in [-0.15, -0.1) is 0 Å². The van der Waals surface area contributed by atoms with Gasteiger partial charge in [-0.05, 0) is 69.2 Å². The molecular weight excluding hydrogens is 290 g/mol. The molecule has 1 atom stereocenters. The van der Waals surface area contributed by atoms with Crippen LogP contribution in [0.1, 0.15) is 25.0 Å². The first-order valence-corrected chi connectivity index (χ1v) is 7.78. The number of aryl methyl sites for hydroxylation is 1. The molecule has 0 spiro atoms. The van der Waals surface area contributed by atoms with Crippen molar-refractivity contribution < 1.29 is 14.3 Å². The molecule has 0 radical (unpaired) electrons. The van der Waals surface area contributed by atoms with Crippen molar-refractivity contribution in [3.8, 4) is 11.5 Å². The monoisotopic (exact) mass is 313 g/mol. The van der Waals surface area contributed by atoms with Crippen molar-refractivity contribution in [1.82, 2.24) is 0 Å². The number of carbonyl (C=O) groups excluding carboxylic acids is 1. The Balaban J connectivity index is 1.98. The van der Waals surface area contributed by atoms with Crippen molar-refractivity contribution in [3.05, 3.63) is 53.6 Å². The molecule has 1 unspecified atom stereocenters. The number of benzene rings is 2. The van der Waals surface area contributed by atoms with E-state index in [1.165, 1.54) is 0 Å². The molecule has 0 heterocycles. The van der Waals surface area contributed by atoms with Crippen LogP contribution in [-0.4, -0.2) is 18.6 Å². The summed E-state index contributed by atoms with van der Waals surface area (Å²) in [6.45, 7) is 8.30. The van der Waals surface area contributed by atoms with E-state index in [9.17, 15) is 4.79 Å². The largest absolute Gasteiger partial charge is 0.494 e. The Morgan fingerprint density at radius 1 is 1.09 bits per heavy atom. The molecule has 2 aromatic carbocycles. The van der Waals surface area contributed by atoms with Crippen LogP contribution in [0.4, 0.5) is 5.69 Å². The zero-order valence-electron chi connectivity index (χ0n) is 14.1. The SMILES string of the molecule is CCOc1ccc(OC(C)C(=O)Nc2cccc(C)c2C)cc1. The maximum absolute atomic E-state index is 12.3. The molecule has 0 aliphatic heterocycles. The average Bonchev–Trinajstić information content (AvgIpc) is 2.54. The van der Waals surface area contributed by atoms with E-state index in [1.807, 2.05) is 51.1 Å². The highest BCUT2D eigenvalue weighted by atomic mass is 16.5. The standard InChI is InChI=1S/C19H23NO3/c1-5-22-16-9-11-17(12-10-16)23-15(4)19(21)20-18-8-6-7-13(2)14(18)3/h6-12,15H,5H2,1-4H3,(H,20,21). The van der Waals surface area contributed by atoms with Gasteiger partial charge in [-0.3, -0.25) is 4.79 Å².